The fraction of sp³-hybridized carbons (Fsp3) is 0.455. The van der Waals surface area contributed by atoms with Crippen molar-refractivity contribution >= 4 is 22.5 Å². The number of hydrogen-bond acceptors (Lipinski definition) is 3. The minimum Gasteiger partial charge on any atom is -0.370 e. The number of rotatable bonds is 5. The van der Waals surface area contributed by atoms with Gasteiger partial charge in [-0.25, -0.2) is 0 Å². The van der Waals surface area contributed by atoms with Gasteiger partial charge in [0.15, 0.2) is 0 Å². The minimum absolute atomic E-state index is 0.812. The molecule has 144 valence electrons. The summed E-state index contributed by atoms with van der Waals surface area (Å²) < 4.78 is 7.69. The minimum atomic E-state index is 0.812. The third-order valence-corrected chi connectivity index (χ3v) is 6.20. The van der Waals surface area contributed by atoms with E-state index in [-0.39, 0.29) is 0 Å². The number of benzene rings is 1. The summed E-state index contributed by atoms with van der Waals surface area (Å²) in [6.45, 7) is 6.14. The van der Waals surface area contributed by atoms with Gasteiger partial charge in [-0.05, 0) is 37.0 Å². The number of hydrogen-bond donors (Lipinski definition) is 3. The SMILES string of the molecule is N#Cc1c2c(c(NCCC[NH+]3CCOCC3)[n+]3c1[nH]c1ccccc13)CCC2. The summed E-state index contributed by atoms with van der Waals surface area (Å²) in [6, 6.07) is 10.8. The fourth-order valence-electron chi connectivity index (χ4n) is 4.81. The summed E-state index contributed by atoms with van der Waals surface area (Å²) in [5, 5.41) is 13.6. The Hall–Kier alpha value is -2.62. The molecule has 1 aliphatic heterocycles. The van der Waals surface area contributed by atoms with Crippen molar-refractivity contribution in [1.82, 2.24) is 4.98 Å². The molecule has 2 aliphatic rings. The van der Waals surface area contributed by atoms with Gasteiger partial charge < -0.3 is 15.0 Å². The first-order valence-electron chi connectivity index (χ1n) is 10.4. The van der Waals surface area contributed by atoms with E-state index in [4.69, 9.17) is 4.74 Å². The molecule has 0 radical (unpaired) electrons. The highest BCUT2D eigenvalue weighted by Crippen LogP contribution is 2.32. The first kappa shape index (κ1) is 17.5. The van der Waals surface area contributed by atoms with E-state index in [0.717, 1.165) is 80.8 Å². The van der Waals surface area contributed by atoms with Crippen LogP contribution >= 0.6 is 0 Å². The van der Waals surface area contributed by atoms with Crippen molar-refractivity contribution in [2.24, 2.45) is 0 Å². The highest BCUT2D eigenvalue weighted by Gasteiger charge is 2.29. The number of nitrogens with zero attached hydrogens (tertiary/aromatic N) is 2. The number of aromatic nitrogens is 2. The van der Waals surface area contributed by atoms with Gasteiger partial charge in [-0.2, -0.15) is 9.66 Å². The molecule has 28 heavy (non-hydrogen) atoms. The standard InChI is InChI=1S/C22H25N5O/c23-15-18-16-5-3-6-17(16)21(24-9-4-10-26-11-13-28-14-12-26)27-20-8-2-1-7-19(20)25-22(18)27/h1-2,7-8H,3-6,9-14H2,(H,24,25)/p+2. The maximum Gasteiger partial charge on any atom is 0.250 e. The number of pyridine rings is 1. The molecular weight excluding hydrogens is 350 g/mol. The van der Waals surface area contributed by atoms with Gasteiger partial charge in [-0.15, -0.1) is 0 Å². The molecule has 1 saturated heterocycles. The summed E-state index contributed by atoms with van der Waals surface area (Å²) >= 11 is 0. The van der Waals surface area contributed by atoms with Crippen LogP contribution in [0.3, 0.4) is 0 Å². The predicted molar refractivity (Wildman–Crippen MR) is 108 cm³/mol. The number of aromatic amines is 1. The summed E-state index contributed by atoms with van der Waals surface area (Å²) in [5.41, 5.74) is 6.50. The molecule has 1 aliphatic carbocycles. The lowest BCUT2D eigenvalue weighted by molar-refractivity contribution is -0.908. The van der Waals surface area contributed by atoms with Crippen molar-refractivity contribution in [1.29, 1.82) is 5.26 Å². The average molecular weight is 377 g/mol. The highest BCUT2D eigenvalue weighted by atomic mass is 16.5. The first-order valence-corrected chi connectivity index (χ1v) is 10.4. The van der Waals surface area contributed by atoms with Crippen molar-refractivity contribution < 1.29 is 14.0 Å². The Bertz CT molecular complexity index is 1060. The molecule has 2 aromatic heterocycles. The zero-order valence-electron chi connectivity index (χ0n) is 16.2. The number of nitriles is 1. The van der Waals surface area contributed by atoms with E-state index in [2.05, 4.69) is 39.0 Å². The van der Waals surface area contributed by atoms with E-state index in [1.165, 1.54) is 23.5 Å². The van der Waals surface area contributed by atoms with Crippen LogP contribution in [0.1, 0.15) is 29.5 Å². The van der Waals surface area contributed by atoms with Crippen LogP contribution < -0.4 is 14.6 Å². The third-order valence-electron chi connectivity index (χ3n) is 6.20. The molecule has 0 spiro atoms. The molecular formula is C22H27N5O+2. The maximum absolute atomic E-state index is 9.86. The molecule has 3 N–H and O–H groups in total. The summed E-state index contributed by atoms with van der Waals surface area (Å²) in [7, 11) is 0. The summed E-state index contributed by atoms with van der Waals surface area (Å²) in [5.74, 6) is 1.18. The highest BCUT2D eigenvalue weighted by molar-refractivity contribution is 5.78. The normalized spacial score (nSPS) is 17.1. The van der Waals surface area contributed by atoms with E-state index in [0.29, 0.717) is 0 Å². The van der Waals surface area contributed by atoms with Crippen LogP contribution in [0.5, 0.6) is 0 Å². The number of fused-ring (bicyclic) bond motifs is 4. The van der Waals surface area contributed by atoms with Gasteiger partial charge in [0.1, 0.15) is 35.8 Å². The van der Waals surface area contributed by atoms with E-state index in [1.807, 2.05) is 6.07 Å². The van der Waals surface area contributed by atoms with Crippen molar-refractivity contribution in [2.75, 3.05) is 44.7 Å². The Morgan fingerprint density at radius 2 is 2.00 bits per heavy atom. The van der Waals surface area contributed by atoms with Gasteiger partial charge in [0, 0.05) is 12.0 Å². The fourth-order valence-corrected chi connectivity index (χ4v) is 4.81. The number of nitrogens with one attached hydrogen (secondary N) is 3. The second-order valence-corrected chi connectivity index (χ2v) is 7.86. The van der Waals surface area contributed by atoms with Crippen LogP contribution in [0, 0.1) is 11.3 Å². The van der Waals surface area contributed by atoms with Crippen molar-refractivity contribution in [2.45, 2.75) is 25.7 Å². The Balaban J connectivity index is 1.49. The number of ether oxygens (including phenoxy) is 1. The Kier molecular flexibility index (Phi) is 4.63. The number of morpholine rings is 1. The lowest BCUT2D eigenvalue weighted by atomic mass is 10.1. The van der Waals surface area contributed by atoms with Crippen LogP contribution in [-0.2, 0) is 17.6 Å². The van der Waals surface area contributed by atoms with E-state index < -0.39 is 0 Å². The summed E-state index contributed by atoms with van der Waals surface area (Å²) in [4.78, 5) is 5.13. The Labute approximate surface area is 164 Å². The molecule has 0 bridgehead atoms. The smallest absolute Gasteiger partial charge is 0.250 e. The molecule has 0 saturated carbocycles. The lowest BCUT2D eigenvalue weighted by Crippen LogP contribution is -3.14. The van der Waals surface area contributed by atoms with Gasteiger partial charge in [0.05, 0.1) is 26.3 Å². The van der Waals surface area contributed by atoms with Gasteiger partial charge in [-0.1, -0.05) is 12.1 Å². The molecule has 1 fully saturated rings. The van der Waals surface area contributed by atoms with Crippen LogP contribution in [0.25, 0.3) is 16.7 Å². The average Bonchev–Trinajstić information content (AvgIpc) is 3.36. The lowest BCUT2D eigenvalue weighted by Gasteiger charge is -2.23. The van der Waals surface area contributed by atoms with Gasteiger partial charge in [0.2, 0.25) is 11.5 Å². The number of H-pyrrole nitrogens is 1. The molecule has 3 heterocycles. The first-order chi connectivity index (χ1) is 13.9. The summed E-state index contributed by atoms with van der Waals surface area (Å²) in [6.07, 6.45) is 4.30. The van der Waals surface area contributed by atoms with Crippen molar-refractivity contribution in [3.05, 3.63) is 41.0 Å². The number of anilines is 1. The van der Waals surface area contributed by atoms with E-state index in [1.54, 1.807) is 4.90 Å². The zero-order valence-corrected chi connectivity index (χ0v) is 16.2. The van der Waals surface area contributed by atoms with E-state index in [9.17, 15) is 5.26 Å². The predicted octanol–water partition coefficient (Wildman–Crippen LogP) is 0.984. The van der Waals surface area contributed by atoms with Gasteiger partial charge in [-0.3, -0.25) is 4.98 Å². The molecule has 3 aromatic rings. The Morgan fingerprint density at radius 1 is 1.18 bits per heavy atom. The second kappa shape index (κ2) is 7.42. The molecule has 5 rings (SSSR count). The number of para-hydroxylation sites is 2. The van der Waals surface area contributed by atoms with Crippen LogP contribution in [0.15, 0.2) is 24.3 Å². The number of imidazole rings is 1. The van der Waals surface area contributed by atoms with Gasteiger partial charge in [0.25, 0.3) is 0 Å². The molecule has 1 aromatic carbocycles. The molecule has 6 heteroatoms. The maximum atomic E-state index is 9.86. The van der Waals surface area contributed by atoms with Crippen molar-refractivity contribution in [3.8, 4) is 6.07 Å². The molecule has 6 nitrogen and oxygen atoms in total. The van der Waals surface area contributed by atoms with Crippen LogP contribution in [-0.4, -0.2) is 44.4 Å². The number of quaternary nitrogens is 1. The quantitative estimate of drug-likeness (QED) is 0.459. The van der Waals surface area contributed by atoms with Crippen molar-refractivity contribution in [3.63, 3.8) is 0 Å². The third kappa shape index (κ3) is 2.92. The molecule has 0 unspecified atom stereocenters. The Morgan fingerprint density at radius 3 is 2.86 bits per heavy atom. The zero-order chi connectivity index (χ0) is 18.9. The van der Waals surface area contributed by atoms with Crippen LogP contribution in [0.4, 0.5) is 5.82 Å². The molecule has 0 amide bonds. The topological polar surface area (TPSA) is 69.4 Å². The second-order valence-electron chi connectivity index (χ2n) is 7.86. The van der Waals surface area contributed by atoms with Gasteiger partial charge >= 0.3 is 0 Å². The molecule has 0 atom stereocenters. The largest absolute Gasteiger partial charge is 0.370 e. The van der Waals surface area contributed by atoms with Crippen LogP contribution in [0.2, 0.25) is 0 Å². The monoisotopic (exact) mass is 377 g/mol. The van der Waals surface area contributed by atoms with E-state index >= 15 is 0 Å².